The van der Waals surface area contributed by atoms with E-state index in [1.807, 2.05) is 31.2 Å². The number of halogens is 1. The number of rotatable bonds is 2. The quantitative estimate of drug-likeness (QED) is 0.869. The van der Waals surface area contributed by atoms with Gasteiger partial charge in [-0.1, -0.05) is 29.8 Å². The fourth-order valence-electron chi connectivity index (χ4n) is 1.66. The zero-order valence-electron chi connectivity index (χ0n) is 9.27. The normalized spacial score (nSPS) is 10.2. The molecule has 0 heterocycles. The first-order valence-corrected chi connectivity index (χ1v) is 5.55. The van der Waals surface area contributed by atoms with E-state index in [-0.39, 0.29) is 5.56 Å². The van der Waals surface area contributed by atoms with Crippen molar-refractivity contribution in [2.45, 2.75) is 6.92 Å². The van der Waals surface area contributed by atoms with Crippen molar-refractivity contribution in [3.63, 3.8) is 0 Å². The minimum absolute atomic E-state index is 0.287. The van der Waals surface area contributed by atoms with Crippen LogP contribution < -0.4 is 0 Å². The Morgan fingerprint density at radius 3 is 2.47 bits per heavy atom. The van der Waals surface area contributed by atoms with E-state index in [2.05, 4.69) is 0 Å². The third kappa shape index (κ3) is 2.48. The second-order valence-corrected chi connectivity index (χ2v) is 4.26. The summed E-state index contributed by atoms with van der Waals surface area (Å²) in [6.45, 7) is 1.92. The van der Waals surface area contributed by atoms with Gasteiger partial charge in [-0.05, 0) is 47.9 Å². The van der Waals surface area contributed by atoms with Crippen LogP contribution in [0.15, 0.2) is 42.5 Å². The van der Waals surface area contributed by atoms with Gasteiger partial charge in [0.15, 0.2) is 0 Å². The van der Waals surface area contributed by atoms with Crippen LogP contribution in [-0.4, -0.2) is 11.1 Å². The fourth-order valence-corrected chi connectivity index (χ4v) is 1.77. The molecule has 0 atom stereocenters. The van der Waals surface area contributed by atoms with Gasteiger partial charge in [-0.2, -0.15) is 0 Å². The van der Waals surface area contributed by atoms with Crippen molar-refractivity contribution in [2.24, 2.45) is 0 Å². The molecule has 0 fully saturated rings. The Kier molecular flexibility index (Phi) is 3.16. The number of hydrogen-bond acceptors (Lipinski definition) is 1. The van der Waals surface area contributed by atoms with Crippen LogP contribution in [0.1, 0.15) is 15.9 Å². The highest BCUT2D eigenvalue weighted by molar-refractivity contribution is 6.31. The van der Waals surface area contributed by atoms with Gasteiger partial charge in [0.1, 0.15) is 0 Å². The van der Waals surface area contributed by atoms with Crippen molar-refractivity contribution >= 4 is 17.6 Å². The first-order chi connectivity index (χ1) is 8.08. The average molecular weight is 247 g/mol. The van der Waals surface area contributed by atoms with Crippen molar-refractivity contribution in [3.8, 4) is 11.1 Å². The van der Waals surface area contributed by atoms with Crippen LogP contribution in [0.4, 0.5) is 0 Å². The van der Waals surface area contributed by atoms with Crippen LogP contribution in [0.5, 0.6) is 0 Å². The molecule has 2 aromatic carbocycles. The second kappa shape index (κ2) is 4.60. The van der Waals surface area contributed by atoms with E-state index in [4.69, 9.17) is 16.7 Å². The van der Waals surface area contributed by atoms with E-state index < -0.39 is 5.97 Å². The van der Waals surface area contributed by atoms with Crippen LogP contribution in [0.25, 0.3) is 11.1 Å². The average Bonchev–Trinajstić information content (AvgIpc) is 2.33. The zero-order valence-corrected chi connectivity index (χ0v) is 10.0. The van der Waals surface area contributed by atoms with E-state index in [1.54, 1.807) is 18.2 Å². The monoisotopic (exact) mass is 246 g/mol. The van der Waals surface area contributed by atoms with Gasteiger partial charge in [0, 0.05) is 5.02 Å². The highest BCUT2D eigenvalue weighted by Gasteiger charge is 2.05. The standard InChI is InChI=1S/C14H11ClO2/c1-9-7-11(5-6-13(9)15)10-3-2-4-12(8-10)14(16)17/h2-8H,1H3,(H,16,17). The maximum absolute atomic E-state index is 10.9. The van der Waals surface area contributed by atoms with Crippen molar-refractivity contribution in [2.75, 3.05) is 0 Å². The van der Waals surface area contributed by atoms with E-state index >= 15 is 0 Å². The fraction of sp³-hybridized carbons (Fsp3) is 0.0714. The first kappa shape index (κ1) is 11.7. The number of carboxylic acids is 1. The maximum atomic E-state index is 10.9. The number of hydrogen-bond donors (Lipinski definition) is 1. The van der Waals surface area contributed by atoms with E-state index in [9.17, 15) is 4.79 Å². The van der Waals surface area contributed by atoms with Crippen molar-refractivity contribution in [1.82, 2.24) is 0 Å². The third-order valence-electron chi connectivity index (χ3n) is 2.60. The second-order valence-electron chi connectivity index (χ2n) is 3.85. The summed E-state index contributed by atoms with van der Waals surface area (Å²) < 4.78 is 0. The topological polar surface area (TPSA) is 37.3 Å². The van der Waals surface area contributed by atoms with Crippen molar-refractivity contribution < 1.29 is 9.90 Å². The molecule has 86 valence electrons. The highest BCUT2D eigenvalue weighted by atomic mass is 35.5. The summed E-state index contributed by atoms with van der Waals surface area (Å²) in [7, 11) is 0. The number of aryl methyl sites for hydroxylation is 1. The summed E-state index contributed by atoms with van der Waals surface area (Å²) in [6, 6.07) is 12.5. The molecule has 0 aliphatic carbocycles. The van der Waals surface area contributed by atoms with Gasteiger partial charge in [0.25, 0.3) is 0 Å². The highest BCUT2D eigenvalue weighted by Crippen LogP contribution is 2.25. The number of carbonyl (C=O) groups is 1. The molecule has 0 aliphatic rings. The maximum Gasteiger partial charge on any atom is 0.335 e. The molecule has 0 unspecified atom stereocenters. The molecular weight excluding hydrogens is 236 g/mol. The number of aromatic carboxylic acids is 1. The smallest absolute Gasteiger partial charge is 0.335 e. The molecule has 2 nitrogen and oxygen atoms in total. The minimum atomic E-state index is -0.919. The van der Waals surface area contributed by atoms with Crippen LogP contribution in [0.2, 0.25) is 5.02 Å². The van der Waals surface area contributed by atoms with E-state index in [0.717, 1.165) is 16.7 Å². The lowest BCUT2D eigenvalue weighted by molar-refractivity contribution is 0.0697. The van der Waals surface area contributed by atoms with Crippen LogP contribution in [0.3, 0.4) is 0 Å². The summed E-state index contributed by atoms with van der Waals surface area (Å²) in [6.07, 6.45) is 0. The molecule has 0 aromatic heterocycles. The van der Waals surface area contributed by atoms with Gasteiger partial charge < -0.3 is 5.11 Å². The van der Waals surface area contributed by atoms with Crippen molar-refractivity contribution in [3.05, 3.63) is 58.6 Å². The zero-order chi connectivity index (χ0) is 12.4. The lowest BCUT2D eigenvalue weighted by atomic mass is 10.0. The van der Waals surface area contributed by atoms with E-state index in [1.165, 1.54) is 0 Å². The lowest BCUT2D eigenvalue weighted by Crippen LogP contribution is -1.95. The van der Waals surface area contributed by atoms with Gasteiger partial charge in [-0.25, -0.2) is 4.79 Å². The predicted molar refractivity (Wildman–Crippen MR) is 68.6 cm³/mol. The summed E-state index contributed by atoms with van der Waals surface area (Å²) in [5.74, 6) is -0.919. The molecule has 17 heavy (non-hydrogen) atoms. The Morgan fingerprint density at radius 2 is 1.82 bits per heavy atom. The molecule has 0 saturated carbocycles. The van der Waals surface area contributed by atoms with Crippen LogP contribution >= 0.6 is 11.6 Å². The molecule has 0 spiro atoms. The third-order valence-corrected chi connectivity index (χ3v) is 3.02. The van der Waals surface area contributed by atoms with Gasteiger partial charge in [-0.3, -0.25) is 0 Å². The lowest BCUT2D eigenvalue weighted by Gasteiger charge is -2.05. The summed E-state index contributed by atoms with van der Waals surface area (Å²) in [5, 5.41) is 9.65. The molecule has 0 amide bonds. The van der Waals surface area contributed by atoms with Crippen LogP contribution in [0, 0.1) is 6.92 Å². The molecule has 0 saturated heterocycles. The van der Waals surface area contributed by atoms with Gasteiger partial charge in [-0.15, -0.1) is 0 Å². The predicted octanol–water partition coefficient (Wildman–Crippen LogP) is 4.01. The summed E-state index contributed by atoms with van der Waals surface area (Å²) >= 11 is 5.96. The Balaban J connectivity index is 2.49. The molecule has 2 rings (SSSR count). The minimum Gasteiger partial charge on any atom is -0.478 e. The number of carboxylic acid groups (broad SMARTS) is 1. The Labute approximate surface area is 104 Å². The largest absolute Gasteiger partial charge is 0.478 e. The Bertz CT molecular complexity index is 576. The van der Waals surface area contributed by atoms with E-state index in [0.29, 0.717) is 5.02 Å². The Hall–Kier alpha value is -1.80. The molecule has 0 bridgehead atoms. The van der Waals surface area contributed by atoms with Crippen LogP contribution in [-0.2, 0) is 0 Å². The molecule has 1 N–H and O–H groups in total. The molecular formula is C14H11ClO2. The SMILES string of the molecule is Cc1cc(-c2cccc(C(=O)O)c2)ccc1Cl. The number of benzene rings is 2. The molecule has 0 aliphatic heterocycles. The molecule has 3 heteroatoms. The Morgan fingerprint density at radius 1 is 1.12 bits per heavy atom. The van der Waals surface area contributed by atoms with Gasteiger partial charge in [0.2, 0.25) is 0 Å². The van der Waals surface area contributed by atoms with Gasteiger partial charge >= 0.3 is 5.97 Å². The molecule has 2 aromatic rings. The summed E-state index contributed by atoms with van der Waals surface area (Å²) in [5.41, 5.74) is 3.11. The van der Waals surface area contributed by atoms with Crippen molar-refractivity contribution in [1.29, 1.82) is 0 Å². The first-order valence-electron chi connectivity index (χ1n) is 5.18. The molecule has 0 radical (unpaired) electrons. The van der Waals surface area contributed by atoms with Gasteiger partial charge in [0.05, 0.1) is 5.56 Å². The summed E-state index contributed by atoms with van der Waals surface area (Å²) in [4.78, 5) is 10.9.